The fourth-order valence-corrected chi connectivity index (χ4v) is 2.98. The van der Waals surface area contributed by atoms with Crippen LogP contribution in [0.5, 0.6) is 0 Å². The number of pyridine rings is 1. The summed E-state index contributed by atoms with van der Waals surface area (Å²) in [6.07, 6.45) is 1.63. The maximum absolute atomic E-state index is 12.7. The van der Waals surface area contributed by atoms with Crippen molar-refractivity contribution < 1.29 is 4.79 Å². The first-order valence-corrected chi connectivity index (χ1v) is 9.25. The molecule has 0 bridgehead atoms. The molecule has 2 N–H and O–H groups in total. The largest absolute Gasteiger partial charge is 0.348 e. The summed E-state index contributed by atoms with van der Waals surface area (Å²) in [4.78, 5) is 17.1. The van der Waals surface area contributed by atoms with Crippen LogP contribution in [-0.4, -0.2) is 10.9 Å². The summed E-state index contributed by atoms with van der Waals surface area (Å²) in [6.45, 7) is 4.61. The number of hydrogen-bond donors (Lipinski definition) is 2. The smallest absolute Gasteiger partial charge is 0.253 e. The van der Waals surface area contributed by atoms with Crippen LogP contribution in [0.15, 0.2) is 66.9 Å². The first-order valence-electron chi connectivity index (χ1n) is 8.87. The monoisotopic (exact) mass is 379 g/mol. The Kier molecular flexibility index (Phi) is 6.09. The second-order valence-electron chi connectivity index (χ2n) is 6.62. The first kappa shape index (κ1) is 18.9. The zero-order chi connectivity index (χ0) is 19.2. The molecule has 0 saturated heterocycles. The second-order valence-corrected chi connectivity index (χ2v) is 7.05. The van der Waals surface area contributed by atoms with Gasteiger partial charge in [-0.15, -0.1) is 0 Å². The molecule has 0 radical (unpaired) electrons. The van der Waals surface area contributed by atoms with E-state index in [0.717, 1.165) is 16.8 Å². The summed E-state index contributed by atoms with van der Waals surface area (Å²) in [5, 5.41) is 6.86. The molecule has 0 aliphatic carbocycles. The maximum Gasteiger partial charge on any atom is 0.253 e. The highest BCUT2D eigenvalue weighted by molar-refractivity contribution is 6.30. The zero-order valence-corrected chi connectivity index (χ0v) is 16.1. The Morgan fingerprint density at radius 1 is 1.07 bits per heavy atom. The summed E-state index contributed by atoms with van der Waals surface area (Å²) in [5.74, 6) is 0.746. The van der Waals surface area contributed by atoms with E-state index in [0.29, 0.717) is 22.9 Å². The van der Waals surface area contributed by atoms with Gasteiger partial charge in [-0.1, -0.05) is 61.8 Å². The minimum Gasteiger partial charge on any atom is -0.348 e. The van der Waals surface area contributed by atoms with Crippen molar-refractivity contribution in [2.24, 2.45) is 0 Å². The van der Waals surface area contributed by atoms with Crippen molar-refractivity contribution in [3.63, 3.8) is 0 Å². The summed E-state index contributed by atoms with van der Waals surface area (Å²) < 4.78 is 0. The number of rotatable bonds is 6. The molecule has 4 nitrogen and oxygen atoms in total. The Morgan fingerprint density at radius 2 is 1.85 bits per heavy atom. The van der Waals surface area contributed by atoms with Crippen LogP contribution in [0.1, 0.15) is 41.3 Å². The molecular weight excluding hydrogens is 358 g/mol. The highest BCUT2D eigenvalue weighted by Crippen LogP contribution is 2.25. The van der Waals surface area contributed by atoms with Gasteiger partial charge >= 0.3 is 0 Å². The number of halogens is 1. The van der Waals surface area contributed by atoms with Crippen LogP contribution in [-0.2, 0) is 6.54 Å². The lowest BCUT2D eigenvalue weighted by Crippen LogP contribution is -2.24. The molecule has 0 unspecified atom stereocenters. The Hall–Kier alpha value is -2.85. The predicted octanol–water partition coefficient (Wildman–Crippen LogP) is 5.53. The quantitative estimate of drug-likeness (QED) is 0.591. The Morgan fingerprint density at radius 3 is 2.56 bits per heavy atom. The third-order valence-corrected chi connectivity index (χ3v) is 4.43. The highest BCUT2D eigenvalue weighted by atomic mass is 35.5. The van der Waals surface area contributed by atoms with Gasteiger partial charge in [-0.2, -0.15) is 0 Å². The van der Waals surface area contributed by atoms with Crippen LogP contribution in [0, 0.1) is 0 Å². The molecule has 0 atom stereocenters. The third-order valence-electron chi connectivity index (χ3n) is 4.20. The molecule has 0 fully saturated rings. The van der Waals surface area contributed by atoms with Crippen molar-refractivity contribution >= 4 is 29.0 Å². The topological polar surface area (TPSA) is 54.0 Å². The minimum atomic E-state index is -0.121. The molecule has 138 valence electrons. The number of aromatic nitrogens is 1. The van der Waals surface area contributed by atoms with Crippen molar-refractivity contribution in [3.8, 4) is 0 Å². The molecular formula is C22H22ClN3O. The van der Waals surface area contributed by atoms with Crippen LogP contribution < -0.4 is 10.6 Å². The van der Waals surface area contributed by atoms with Crippen LogP contribution in [0.4, 0.5) is 11.5 Å². The number of hydrogen-bond acceptors (Lipinski definition) is 3. The van der Waals surface area contributed by atoms with Crippen molar-refractivity contribution in [3.05, 3.63) is 88.6 Å². The third kappa shape index (κ3) is 5.08. The van der Waals surface area contributed by atoms with Crippen LogP contribution >= 0.6 is 11.6 Å². The number of carbonyl (C=O) groups is 1. The van der Waals surface area contributed by atoms with E-state index in [1.807, 2.05) is 60.7 Å². The van der Waals surface area contributed by atoms with Gasteiger partial charge in [0, 0.05) is 23.5 Å². The first-order chi connectivity index (χ1) is 13.0. The fraction of sp³-hybridized carbons (Fsp3) is 0.182. The molecule has 1 amide bonds. The van der Waals surface area contributed by atoms with E-state index in [4.69, 9.17) is 11.6 Å². The fourth-order valence-electron chi connectivity index (χ4n) is 2.79. The van der Waals surface area contributed by atoms with Gasteiger partial charge in [0.1, 0.15) is 5.82 Å². The average molecular weight is 380 g/mol. The maximum atomic E-state index is 12.7. The van der Waals surface area contributed by atoms with Gasteiger partial charge in [-0.05, 0) is 41.3 Å². The average Bonchev–Trinajstić information content (AvgIpc) is 2.67. The molecule has 27 heavy (non-hydrogen) atoms. The molecule has 0 spiro atoms. The van der Waals surface area contributed by atoms with E-state index in [9.17, 15) is 4.79 Å². The molecule has 2 aromatic carbocycles. The summed E-state index contributed by atoms with van der Waals surface area (Å²) in [5.41, 5.74) is 3.45. The SMILES string of the molecule is CC(C)c1cc(Nc2cccc(Cl)c2)ncc1C(=O)NCc1ccccc1. The predicted molar refractivity (Wildman–Crippen MR) is 111 cm³/mol. The lowest BCUT2D eigenvalue weighted by molar-refractivity contribution is 0.0949. The van der Waals surface area contributed by atoms with Gasteiger partial charge in [0.25, 0.3) is 5.91 Å². The van der Waals surface area contributed by atoms with Gasteiger partial charge in [0.15, 0.2) is 0 Å². The number of benzene rings is 2. The molecule has 1 heterocycles. The van der Waals surface area contributed by atoms with Gasteiger partial charge in [-0.25, -0.2) is 4.98 Å². The standard InChI is InChI=1S/C22H22ClN3O/c1-15(2)19-12-21(26-18-10-6-9-17(23)11-18)24-14-20(19)22(27)25-13-16-7-4-3-5-8-16/h3-12,14-15H,13H2,1-2H3,(H,24,26)(H,25,27). The van der Waals surface area contributed by atoms with Gasteiger partial charge in [-0.3, -0.25) is 4.79 Å². The Labute approximate surface area is 164 Å². The van der Waals surface area contributed by atoms with Gasteiger partial charge in [0.2, 0.25) is 0 Å². The molecule has 1 aromatic heterocycles. The highest BCUT2D eigenvalue weighted by Gasteiger charge is 2.15. The normalized spacial score (nSPS) is 10.7. The van der Waals surface area contributed by atoms with Crippen LogP contribution in [0.2, 0.25) is 5.02 Å². The van der Waals surface area contributed by atoms with Crippen LogP contribution in [0.25, 0.3) is 0 Å². The van der Waals surface area contributed by atoms with Crippen molar-refractivity contribution in [2.45, 2.75) is 26.3 Å². The summed E-state index contributed by atoms with van der Waals surface area (Å²) >= 11 is 6.03. The van der Waals surface area contributed by atoms with Gasteiger partial charge < -0.3 is 10.6 Å². The number of nitrogens with zero attached hydrogens (tertiary/aromatic N) is 1. The number of amides is 1. The number of carbonyl (C=O) groups excluding carboxylic acids is 1. The van der Waals surface area contributed by atoms with E-state index in [1.165, 1.54) is 0 Å². The molecule has 3 rings (SSSR count). The van der Waals surface area contributed by atoms with E-state index in [-0.39, 0.29) is 11.8 Å². The zero-order valence-electron chi connectivity index (χ0n) is 15.4. The van der Waals surface area contributed by atoms with E-state index >= 15 is 0 Å². The lowest BCUT2D eigenvalue weighted by atomic mass is 9.98. The number of nitrogens with one attached hydrogen (secondary N) is 2. The second kappa shape index (κ2) is 8.69. The van der Waals surface area contributed by atoms with E-state index < -0.39 is 0 Å². The molecule has 0 aliphatic heterocycles. The van der Waals surface area contributed by atoms with Gasteiger partial charge in [0.05, 0.1) is 5.56 Å². The van der Waals surface area contributed by atoms with E-state index in [2.05, 4.69) is 29.5 Å². The van der Waals surface area contributed by atoms with E-state index in [1.54, 1.807) is 6.20 Å². The molecule has 0 saturated carbocycles. The molecule has 3 aromatic rings. The van der Waals surface area contributed by atoms with Crippen molar-refractivity contribution in [2.75, 3.05) is 5.32 Å². The van der Waals surface area contributed by atoms with Crippen molar-refractivity contribution in [1.82, 2.24) is 10.3 Å². The lowest BCUT2D eigenvalue weighted by Gasteiger charge is -2.15. The van der Waals surface area contributed by atoms with Crippen molar-refractivity contribution in [1.29, 1.82) is 0 Å². The number of anilines is 2. The molecule has 5 heteroatoms. The Bertz CT molecular complexity index is 926. The Balaban J connectivity index is 1.78. The minimum absolute atomic E-state index is 0.121. The summed E-state index contributed by atoms with van der Waals surface area (Å²) in [7, 11) is 0. The van der Waals surface area contributed by atoms with Crippen LogP contribution in [0.3, 0.4) is 0 Å². The molecule has 0 aliphatic rings. The summed E-state index contributed by atoms with van der Waals surface area (Å²) in [6, 6.07) is 19.2.